The van der Waals surface area contributed by atoms with Crippen LogP contribution in [0.15, 0.2) is 24.3 Å². The molecule has 0 amide bonds. The number of nitrogens with two attached hydrogens (primary N) is 1. The van der Waals surface area contributed by atoms with E-state index >= 15 is 0 Å². The van der Waals surface area contributed by atoms with Crippen LogP contribution in [0, 0.1) is 18.6 Å². The summed E-state index contributed by atoms with van der Waals surface area (Å²) in [4.78, 5) is 6.25. The molecule has 1 heterocycles. The zero-order chi connectivity index (χ0) is 17.0. The summed E-state index contributed by atoms with van der Waals surface area (Å²) in [7, 11) is 3.91. The SMILES string of the molecule is Cc1cc(N)nc(CCc2cc(CCN(C)C)cc(F)c2F)c1. The van der Waals surface area contributed by atoms with Gasteiger partial charge in [-0.1, -0.05) is 6.07 Å². The van der Waals surface area contributed by atoms with Crippen LogP contribution in [-0.4, -0.2) is 30.5 Å². The Morgan fingerprint density at radius 2 is 1.78 bits per heavy atom. The molecule has 0 saturated carbocycles. The Bertz CT molecular complexity index is 664. The van der Waals surface area contributed by atoms with Gasteiger partial charge in [0.15, 0.2) is 11.6 Å². The van der Waals surface area contributed by atoms with Crippen molar-refractivity contribution in [2.75, 3.05) is 26.4 Å². The van der Waals surface area contributed by atoms with Crippen LogP contribution >= 0.6 is 0 Å². The van der Waals surface area contributed by atoms with Crippen LogP contribution < -0.4 is 5.73 Å². The number of pyridine rings is 1. The Morgan fingerprint density at radius 1 is 1.04 bits per heavy atom. The van der Waals surface area contributed by atoms with Gasteiger partial charge in [-0.2, -0.15) is 0 Å². The molecule has 0 aliphatic carbocycles. The van der Waals surface area contributed by atoms with Crippen molar-refractivity contribution in [3.63, 3.8) is 0 Å². The molecule has 0 bridgehead atoms. The highest BCUT2D eigenvalue weighted by Gasteiger charge is 2.12. The molecule has 2 rings (SSSR count). The lowest BCUT2D eigenvalue weighted by molar-refractivity contribution is 0.412. The number of hydrogen-bond acceptors (Lipinski definition) is 3. The summed E-state index contributed by atoms with van der Waals surface area (Å²) in [5.74, 6) is -1.10. The zero-order valence-electron chi connectivity index (χ0n) is 13.9. The van der Waals surface area contributed by atoms with Crippen LogP contribution in [0.5, 0.6) is 0 Å². The summed E-state index contributed by atoms with van der Waals surface area (Å²) in [5, 5.41) is 0. The Morgan fingerprint density at radius 3 is 2.43 bits per heavy atom. The third-order valence-corrected chi connectivity index (χ3v) is 3.70. The number of rotatable bonds is 6. The van der Waals surface area contributed by atoms with E-state index in [2.05, 4.69) is 4.98 Å². The van der Waals surface area contributed by atoms with Crippen molar-refractivity contribution in [1.82, 2.24) is 9.88 Å². The molecule has 0 radical (unpaired) electrons. The van der Waals surface area contributed by atoms with Crippen LogP contribution in [0.3, 0.4) is 0 Å². The molecule has 124 valence electrons. The molecule has 23 heavy (non-hydrogen) atoms. The van der Waals surface area contributed by atoms with E-state index in [1.165, 1.54) is 6.07 Å². The summed E-state index contributed by atoms with van der Waals surface area (Å²) < 4.78 is 27.8. The maximum atomic E-state index is 14.0. The second-order valence-electron chi connectivity index (χ2n) is 6.16. The number of nitrogen functional groups attached to an aromatic ring is 1. The van der Waals surface area contributed by atoms with E-state index in [1.54, 1.807) is 12.1 Å². The highest BCUT2D eigenvalue weighted by atomic mass is 19.2. The lowest BCUT2D eigenvalue weighted by Crippen LogP contribution is -2.15. The van der Waals surface area contributed by atoms with Gasteiger partial charge in [-0.25, -0.2) is 13.8 Å². The van der Waals surface area contributed by atoms with Crippen molar-refractivity contribution in [3.05, 3.63) is 58.3 Å². The van der Waals surface area contributed by atoms with Crippen LogP contribution in [0.4, 0.5) is 14.6 Å². The molecule has 0 aliphatic heterocycles. The van der Waals surface area contributed by atoms with Crippen molar-refractivity contribution in [2.45, 2.75) is 26.2 Å². The molecule has 0 aliphatic rings. The quantitative estimate of drug-likeness (QED) is 0.889. The third-order valence-electron chi connectivity index (χ3n) is 3.70. The van der Waals surface area contributed by atoms with E-state index in [0.29, 0.717) is 30.6 Å². The van der Waals surface area contributed by atoms with Crippen LogP contribution in [0.25, 0.3) is 0 Å². The number of aromatic nitrogens is 1. The minimum atomic E-state index is -0.784. The number of likely N-dealkylation sites (N-methyl/N-ethyl adjacent to an activating group) is 1. The van der Waals surface area contributed by atoms with E-state index in [1.807, 2.05) is 32.0 Å². The van der Waals surface area contributed by atoms with E-state index in [4.69, 9.17) is 5.73 Å². The smallest absolute Gasteiger partial charge is 0.162 e. The average Bonchev–Trinajstić information content (AvgIpc) is 2.46. The van der Waals surface area contributed by atoms with E-state index in [0.717, 1.165) is 23.4 Å². The zero-order valence-corrected chi connectivity index (χ0v) is 13.9. The van der Waals surface area contributed by atoms with Gasteiger partial charge in [0.2, 0.25) is 0 Å². The molecular weight excluding hydrogens is 296 g/mol. The minimum Gasteiger partial charge on any atom is -0.384 e. The number of halogens is 2. The Kier molecular flexibility index (Phi) is 5.66. The topological polar surface area (TPSA) is 42.1 Å². The summed E-state index contributed by atoms with van der Waals surface area (Å²) in [6.45, 7) is 2.73. The fourth-order valence-corrected chi connectivity index (χ4v) is 2.55. The minimum absolute atomic E-state index is 0.389. The molecule has 0 fully saturated rings. The predicted octanol–water partition coefficient (Wildman–Crippen LogP) is 3.14. The second kappa shape index (κ2) is 7.51. The first-order valence-electron chi connectivity index (χ1n) is 7.69. The molecule has 0 saturated heterocycles. The summed E-state index contributed by atoms with van der Waals surface area (Å²) in [6, 6.07) is 6.73. The maximum Gasteiger partial charge on any atom is 0.162 e. The lowest BCUT2D eigenvalue weighted by Gasteiger charge is -2.12. The van der Waals surface area contributed by atoms with Crippen molar-refractivity contribution in [3.8, 4) is 0 Å². The van der Waals surface area contributed by atoms with Crippen molar-refractivity contribution >= 4 is 5.82 Å². The number of benzene rings is 1. The molecule has 0 atom stereocenters. The monoisotopic (exact) mass is 319 g/mol. The van der Waals surface area contributed by atoms with Gasteiger partial charge in [0.25, 0.3) is 0 Å². The van der Waals surface area contributed by atoms with Gasteiger partial charge in [-0.15, -0.1) is 0 Å². The average molecular weight is 319 g/mol. The first kappa shape index (κ1) is 17.3. The highest BCUT2D eigenvalue weighted by molar-refractivity contribution is 5.35. The summed E-state index contributed by atoms with van der Waals surface area (Å²) in [6.07, 6.45) is 1.61. The lowest BCUT2D eigenvalue weighted by atomic mass is 10.0. The van der Waals surface area contributed by atoms with Gasteiger partial charge >= 0.3 is 0 Å². The second-order valence-corrected chi connectivity index (χ2v) is 6.16. The van der Waals surface area contributed by atoms with Gasteiger partial charge in [0, 0.05) is 12.2 Å². The molecule has 0 unspecified atom stereocenters. The van der Waals surface area contributed by atoms with E-state index in [-0.39, 0.29) is 0 Å². The molecular formula is C18H23F2N3. The maximum absolute atomic E-state index is 14.0. The molecule has 0 spiro atoms. The van der Waals surface area contributed by atoms with Gasteiger partial charge < -0.3 is 10.6 Å². The van der Waals surface area contributed by atoms with Crippen LogP contribution in [0.1, 0.15) is 22.4 Å². The molecule has 3 nitrogen and oxygen atoms in total. The molecule has 2 N–H and O–H groups in total. The van der Waals surface area contributed by atoms with Gasteiger partial charge in [-0.3, -0.25) is 0 Å². The largest absolute Gasteiger partial charge is 0.384 e. The van der Waals surface area contributed by atoms with Gasteiger partial charge in [0.1, 0.15) is 5.82 Å². The van der Waals surface area contributed by atoms with Crippen molar-refractivity contribution in [2.24, 2.45) is 0 Å². The fraction of sp³-hybridized carbons (Fsp3) is 0.389. The number of nitrogens with zero attached hydrogens (tertiary/aromatic N) is 2. The van der Waals surface area contributed by atoms with Crippen molar-refractivity contribution < 1.29 is 8.78 Å². The Balaban J connectivity index is 2.14. The van der Waals surface area contributed by atoms with Crippen molar-refractivity contribution in [1.29, 1.82) is 0 Å². The Hall–Kier alpha value is -2.01. The Labute approximate surface area is 136 Å². The number of aryl methyl sites for hydroxylation is 3. The molecule has 5 heteroatoms. The first-order valence-corrected chi connectivity index (χ1v) is 7.69. The first-order chi connectivity index (χ1) is 10.8. The van der Waals surface area contributed by atoms with Crippen LogP contribution in [0.2, 0.25) is 0 Å². The standard InChI is InChI=1S/C18H23F2N3/c1-12-8-15(22-17(21)9-12)5-4-14-10-13(6-7-23(2)3)11-16(19)18(14)20/h8-11H,4-7H2,1-3H3,(H2,21,22). The fourth-order valence-electron chi connectivity index (χ4n) is 2.55. The normalized spacial score (nSPS) is 11.2. The number of hydrogen-bond donors (Lipinski definition) is 1. The predicted molar refractivity (Wildman–Crippen MR) is 89.4 cm³/mol. The molecule has 1 aromatic heterocycles. The third kappa shape index (κ3) is 4.99. The molecule has 1 aromatic carbocycles. The van der Waals surface area contributed by atoms with E-state index in [9.17, 15) is 8.78 Å². The summed E-state index contributed by atoms with van der Waals surface area (Å²) >= 11 is 0. The molecule has 2 aromatic rings. The van der Waals surface area contributed by atoms with Crippen LogP contribution in [-0.2, 0) is 19.3 Å². The highest BCUT2D eigenvalue weighted by Crippen LogP contribution is 2.18. The van der Waals surface area contributed by atoms with Gasteiger partial charge in [0.05, 0.1) is 0 Å². The van der Waals surface area contributed by atoms with Gasteiger partial charge in [-0.05, 0) is 75.2 Å². The summed E-state index contributed by atoms with van der Waals surface area (Å²) in [5.41, 5.74) is 8.73. The van der Waals surface area contributed by atoms with E-state index < -0.39 is 11.6 Å². The number of anilines is 1.